The summed E-state index contributed by atoms with van der Waals surface area (Å²) in [7, 11) is 4.91. The summed E-state index contributed by atoms with van der Waals surface area (Å²) in [4.78, 5) is 16.2. The van der Waals surface area contributed by atoms with Gasteiger partial charge in [0, 0.05) is 49.7 Å². The van der Waals surface area contributed by atoms with Crippen LogP contribution in [0.1, 0.15) is 42.4 Å². The Bertz CT molecular complexity index is 1010. The lowest BCUT2D eigenvalue weighted by atomic mass is 9.87. The summed E-state index contributed by atoms with van der Waals surface area (Å²) in [6.45, 7) is 3.37. The van der Waals surface area contributed by atoms with E-state index >= 15 is 0 Å². The van der Waals surface area contributed by atoms with Crippen LogP contribution in [0.4, 0.5) is 0 Å². The number of nitrogens with one attached hydrogen (secondary N) is 2. The highest BCUT2D eigenvalue weighted by molar-refractivity contribution is 5.88. The van der Waals surface area contributed by atoms with Gasteiger partial charge in [-0.1, -0.05) is 31.2 Å². The number of fused-ring (bicyclic) bond motifs is 1. The lowest BCUT2D eigenvalue weighted by Gasteiger charge is -2.19. The average molecular weight is 425 g/mol. The first kappa shape index (κ1) is 22.7. The molecule has 0 saturated heterocycles. The summed E-state index contributed by atoms with van der Waals surface area (Å²) in [5, 5.41) is 4.16. The Morgan fingerprint density at radius 1 is 1.10 bits per heavy atom. The quantitative estimate of drug-likeness (QED) is 0.447. The van der Waals surface area contributed by atoms with Gasteiger partial charge in [-0.05, 0) is 41.7 Å². The molecule has 6 heteroatoms. The fourth-order valence-electron chi connectivity index (χ4n) is 4.00. The van der Waals surface area contributed by atoms with Crippen molar-refractivity contribution in [2.75, 3.05) is 34.5 Å². The van der Waals surface area contributed by atoms with Crippen molar-refractivity contribution in [3.63, 3.8) is 0 Å². The third kappa shape index (κ3) is 5.20. The summed E-state index contributed by atoms with van der Waals surface area (Å²) >= 11 is 0. The van der Waals surface area contributed by atoms with Gasteiger partial charge in [-0.2, -0.15) is 0 Å². The second kappa shape index (κ2) is 10.9. The maximum absolute atomic E-state index is 12.8. The van der Waals surface area contributed by atoms with Gasteiger partial charge in [-0.3, -0.25) is 4.79 Å². The zero-order chi connectivity index (χ0) is 22.2. The molecule has 1 amide bonds. The first-order chi connectivity index (χ1) is 15.1. The smallest absolute Gasteiger partial charge is 0.220 e. The highest BCUT2D eigenvalue weighted by Gasteiger charge is 2.23. The highest BCUT2D eigenvalue weighted by Crippen LogP contribution is 2.38. The average Bonchev–Trinajstić information content (AvgIpc) is 3.24. The van der Waals surface area contributed by atoms with E-state index in [0.29, 0.717) is 31.1 Å². The number of rotatable bonds is 11. The van der Waals surface area contributed by atoms with Crippen LogP contribution in [0.5, 0.6) is 11.5 Å². The molecule has 0 fully saturated rings. The number of amides is 1. The molecule has 3 rings (SSSR count). The van der Waals surface area contributed by atoms with Gasteiger partial charge in [0.2, 0.25) is 5.91 Å². The van der Waals surface area contributed by atoms with Crippen LogP contribution < -0.4 is 14.8 Å². The van der Waals surface area contributed by atoms with Crippen LogP contribution >= 0.6 is 0 Å². The lowest BCUT2D eigenvalue weighted by molar-refractivity contribution is -0.121. The first-order valence-corrected chi connectivity index (χ1v) is 10.7. The van der Waals surface area contributed by atoms with Gasteiger partial charge >= 0.3 is 0 Å². The van der Waals surface area contributed by atoms with Crippen molar-refractivity contribution in [3.8, 4) is 11.5 Å². The summed E-state index contributed by atoms with van der Waals surface area (Å²) in [6, 6.07) is 12.2. The number of para-hydroxylation sites is 1. The number of aryl methyl sites for hydroxylation is 1. The standard InChI is InChI=1S/C25H32N2O4/c1-5-17-8-6-9-19-21(16-27-25(17)19)20(15-24(28)26-12-7-13-29-2)18-10-11-22(30-3)23(14-18)31-4/h6,8-11,14,16,20,27H,5,7,12-13,15H2,1-4H3,(H,26,28)/t20-/m0/s1. The van der Waals surface area contributed by atoms with Gasteiger partial charge in [0.1, 0.15) is 0 Å². The largest absolute Gasteiger partial charge is 0.493 e. The predicted molar refractivity (Wildman–Crippen MR) is 123 cm³/mol. The van der Waals surface area contributed by atoms with Gasteiger partial charge in [0.15, 0.2) is 11.5 Å². The van der Waals surface area contributed by atoms with Crippen LogP contribution in [-0.4, -0.2) is 45.4 Å². The summed E-state index contributed by atoms with van der Waals surface area (Å²) in [5.41, 5.74) is 4.50. The minimum absolute atomic E-state index is 0.0110. The Kier molecular flexibility index (Phi) is 7.95. The number of H-pyrrole nitrogens is 1. The van der Waals surface area contributed by atoms with E-state index in [0.717, 1.165) is 34.9 Å². The van der Waals surface area contributed by atoms with Gasteiger partial charge in [0.25, 0.3) is 0 Å². The number of hydrogen-bond donors (Lipinski definition) is 2. The molecule has 1 aromatic heterocycles. The highest BCUT2D eigenvalue weighted by atomic mass is 16.5. The van der Waals surface area contributed by atoms with Crippen molar-refractivity contribution in [1.82, 2.24) is 10.3 Å². The fraction of sp³-hybridized carbons (Fsp3) is 0.400. The summed E-state index contributed by atoms with van der Waals surface area (Å²) in [5.74, 6) is 1.21. The molecule has 2 aromatic carbocycles. The van der Waals surface area contributed by atoms with Gasteiger partial charge < -0.3 is 24.5 Å². The van der Waals surface area contributed by atoms with E-state index in [1.807, 2.05) is 24.4 Å². The Morgan fingerprint density at radius 3 is 2.61 bits per heavy atom. The zero-order valence-electron chi connectivity index (χ0n) is 18.8. The molecule has 1 heterocycles. The molecule has 0 aliphatic carbocycles. The number of carbonyl (C=O) groups excluding carboxylic acids is 1. The molecule has 6 nitrogen and oxygen atoms in total. The van der Waals surface area contributed by atoms with Crippen molar-refractivity contribution in [1.29, 1.82) is 0 Å². The Morgan fingerprint density at radius 2 is 1.90 bits per heavy atom. The normalized spacial score (nSPS) is 12.0. The molecule has 2 N–H and O–H groups in total. The maximum atomic E-state index is 12.8. The second-order valence-electron chi connectivity index (χ2n) is 7.50. The van der Waals surface area contributed by atoms with Crippen LogP contribution in [0.25, 0.3) is 10.9 Å². The van der Waals surface area contributed by atoms with E-state index in [-0.39, 0.29) is 11.8 Å². The van der Waals surface area contributed by atoms with E-state index in [2.05, 4.69) is 35.4 Å². The molecule has 3 aromatic rings. The second-order valence-corrected chi connectivity index (χ2v) is 7.50. The van der Waals surface area contributed by atoms with Crippen LogP contribution in [0.15, 0.2) is 42.6 Å². The molecular formula is C25H32N2O4. The molecule has 0 aliphatic rings. The molecule has 0 bridgehead atoms. The van der Waals surface area contributed by atoms with E-state index in [1.54, 1.807) is 21.3 Å². The molecule has 0 unspecified atom stereocenters. The van der Waals surface area contributed by atoms with Gasteiger partial charge in [-0.15, -0.1) is 0 Å². The Hall–Kier alpha value is -2.99. The Balaban J connectivity index is 1.98. The SMILES string of the molecule is CCc1cccc2c([C@@H](CC(=O)NCCCOC)c3ccc(OC)c(OC)c3)c[nH]c12. The van der Waals surface area contributed by atoms with Crippen LogP contribution in [0, 0.1) is 0 Å². The first-order valence-electron chi connectivity index (χ1n) is 10.7. The minimum atomic E-state index is -0.122. The van der Waals surface area contributed by atoms with Crippen molar-refractivity contribution in [2.45, 2.75) is 32.1 Å². The van der Waals surface area contributed by atoms with Crippen LogP contribution in [0.3, 0.4) is 0 Å². The molecular weight excluding hydrogens is 392 g/mol. The zero-order valence-corrected chi connectivity index (χ0v) is 18.8. The molecule has 31 heavy (non-hydrogen) atoms. The number of aromatic amines is 1. The number of hydrogen-bond acceptors (Lipinski definition) is 4. The van der Waals surface area contributed by atoms with E-state index in [1.165, 1.54) is 5.56 Å². The van der Waals surface area contributed by atoms with Crippen molar-refractivity contribution >= 4 is 16.8 Å². The number of ether oxygens (including phenoxy) is 3. The van der Waals surface area contributed by atoms with Crippen LogP contribution in [0.2, 0.25) is 0 Å². The fourth-order valence-corrected chi connectivity index (χ4v) is 4.00. The predicted octanol–water partition coefficient (Wildman–Crippen LogP) is 4.42. The van der Waals surface area contributed by atoms with Crippen LogP contribution in [-0.2, 0) is 16.0 Å². The molecule has 0 spiro atoms. The summed E-state index contributed by atoms with van der Waals surface area (Å²) in [6.07, 6.45) is 4.10. The number of benzene rings is 2. The Labute approximate surface area is 183 Å². The third-order valence-electron chi connectivity index (χ3n) is 5.64. The minimum Gasteiger partial charge on any atom is -0.493 e. The molecule has 166 valence electrons. The van der Waals surface area contributed by atoms with Crippen molar-refractivity contribution < 1.29 is 19.0 Å². The third-order valence-corrected chi connectivity index (χ3v) is 5.64. The van der Waals surface area contributed by atoms with E-state index in [9.17, 15) is 4.79 Å². The molecule has 1 atom stereocenters. The van der Waals surface area contributed by atoms with Gasteiger partial charge in [0.05, 0.1) is 14.2 Å². The van der Waals surface area contributed by atoms with E-state index in [4.69, 9.17) is 14.2 Å². The van der Waals surface area contributed by atoms with Crippen molar-refractivity contribution in [2.24, 2.45) is 0 Å². The molecule has 0 radical (unpaired) electrons. The molecule has 0 saturated carbocycles. The monoisotopic (exact) mass is 424 g/mol. The molecule has 0 aliphatic heterocycles. The summed E-state index contributed by atoms with van der Waals surface area (Å²) < 4.78 is 16.0. The lowest BCUT2D eigenvalue weighted by Crippen LogP contribution is -2.27. The van der Waals surface area contributed by atoms with Crippen molar-refractivity contribution in [3.05, 3.63) is 59.3 Å². The number of methoxy groups -OCH3 is 3. The number of aromatic nitrogens is 1. The maximum Gasteiger partial charge on any atom is 0.220 e. The van der Waals surface area contributed by atoms with E-state index < -0.39 is 0 Å². The topological polar surface area (TPSA) is 72.6 Å². The van der Waals surface area contributed by atoms with Gasteiger partial charge in [-0.25, -0.2) is 0 Å². The number of carbonyl (C=O) groups is 1.